The van der Waals surface area contributed by atoms with Crippen LogP contribution in [-0.4, -0.2) is 48.7 Å². The SMILES string of the molecule is N=C([O-])C1(OS(=O)(=O)[O-])CCC2CN1CN2.[Na+].[Na+]. The van der Waals surface area contributed by atoms with Crippen LogP contribution < -0.4 is 69.5 Å². The molecule has 8 nitrogen and oxygen atoms in total. The summed E-state index contributed by atoms with van der Waals surface area (Å²) in [5, 5.41) is 21.4. The van der Waals surface area contributed by atoms with Crippen LogP contribution in [0.3, 0.4) is 0 Å². The Morgan fingerprint density at radius 2 is 2.11 bits per heavy atom. The molecule has 0 aromatic heterocycles. The van der Waals surface area contributed by atoms with E-state index in [2.05, 4.69) is 9.50 Å². The minimum atomic E-state index is -5.01. The van der Waals surface area contributed by atoms with Crippen LogP contribution in [-0.2, 0) is 14.6 Å². The third kappa shape index (κ3) is 3.89. The summed E-state index contributed by atoms with van der Waals surface area (Å²) in [5.41, 5.74) is -1.93. The average molecular weight is 295 g/mol. The molecule has 0 spiro atoms. The summed E-state index contributed by atoms with van der Waals surface area (Å²) >= 11 is 0. The molecule has 2 aliphatic rings. The Morgan fingerprint density at radius 3 is 2.61 bits per heavy atom. The fourth-order valence-electron chi connectivity index (χ4n) is 2.19. The van der Waals surface area contributed by atoms with Gasteiger partial charge in [0, 0.05) is 18.5 Å². The second-order valence-corrected chi connectivity index (χ2v) is 4.91. The normalized spacial score (nSPS) is 34.3. The molecule has 2 fully saturated rings. The molecule has 2 rings (SSSR count). The van der Waals surface area contributed by atoms with E-state index < -0.39 is 22.0 Å². The Hall–Kier alpha value is 1.26. The minimum Gasteiger partial charge on any atom is -0.859 e. The van der Waals surface area contributed by atoms with Crippen LogP contribution in [0.4, 0.5) is 0 Å². The molecule has 0 radical (unpaired) electrons. The van der Waals surface area contributed by atoms with E-state index in [1.165, 1.54) is 4.90 Å². The third-order valence-corrected chi connectivity index (χ3v) is 3.43. The maximum atomic E-state index is 11.3. The van der Waals surface area contributed by atoms with Crippen molar-refractivity contribution >= 4 is 16.3 Å². The summed E-state index contributed by atoms with van der Waals surface area (Å²) in [5.74, 6) is -1.20. The monoisotopic (exact) mass is 295 g/mol. The van der Waals surface area contributed by atoms with Gasteiger partial charge in [-0.05, 0) is 12.8 Å². The van der Waals surface area contributed by atoms with Crippen molar-refractivity contribution in [1.29, 1.82) is 5.41 Å². The van der Waals surface area contributed by atoms with Gasteiger partial charge in [0.15, 0.2) is 5.72 Å². The van der Waals surface area contributed by atoms with Crippen molar-refractivity contribution in [2.45, 2.75) is 24.6 Å². The number of nitrogens with one attached hydrogen (secondary N) is 2. The van der Waals surface area contributed by atoms with E-state index in [0.29, 0.717) is 13.0 Å². The van der Waals surface area contributed by atoms with Crippen LogP contribution >= 0.6 is 0 Å². The standard InChI is InChI=1S/C7H13N3O5S.2Na/c8-6(11)7(15-16(12,13)14)2-1-5-3-10(7)4-9-5;;/h5,9H,1-4H2,(H2,8,11)(H,12,13,14);;/q;2*+1/p-2. The Balaban J connectivity index is 0.00000144. The van der Waals surface area contributed by atoms with Gasteiger partial charge < -0.3 is 20.4 Å². The Morgan fingerprint density at radius 1 is 1.50 bits per heavy atom. The van der Waals surface area contributed by atoms with Crippen molar-refractivity contribution in [2.24, 2.45) is 0 Å². The average Bonchev–Trinajstić information content (AvgIpc) is 2.53. The number of piperidine rings is 1. The molecule has 2 bridgehead atoms. The predicted molar refractivity (Wildman–Crippen MR) is 49.0 cm³/mol. The van der Waals surface area contributed by atoms with Gasteiger partial charge in [-0.1, -0.05) is 0 Å². The quantitative estimate of drug-likeness (QED) is 0.174. The molecule has 3 unspecified atom stereocenters. The summed E-state index contributed by atoms with van der Waals surface area (Å²) in [6, 6.07) is 0.158. The van der Waals surface area contributed by atoms with Crippen molar-refractivity contribution < 1.29 is 81.4 Å². The molecule has 11 heteroatoms. The maximum Gasteiger partial charge on any atom is 1.00 e. The van der Waals surface area contributed by atoms with Crippen LogP contribution in [0.1, 0.15) is 12.8 Å². The second kappa shape index (κ2) is 6.81. The van der Waals surface area contributed by atoms with Gasteiger partial charge in [-0.25, -0.2) is 8.42 Å². The first-order valence-electron chi connectivity index (χ1n) is 4.74. The maximum absolute atomic E-state index is 11.3. The molecule has 2 aliphatic heterocycles. The van der Waals surface area contributed by atoms with E-state index in [0.717, 1.165) is 0 Å². The number of hydrogen-bond donors (Lipinski definition) is 2. The van der Waals surface area contributed by atoms with Gasteiger partial charge in [0.25, 0.3) is 0 Å². The predicted octanol–water partition coefficient (Wildman–Crippen LogP) is -8.47. The summed E-state index contributed by atoms with van der Waals surface area (Å²) in [7, 11) is -5.01. The van der Waals surface area contributed by atoms with Gasteiger partial charge in [0.2, 0.25) is 10.4 Å². The van der Waals surface area contributed by atoms with Crippen molar-refractivity contribution in [2.75, 3.05) is 13.2 Å². The van der Waals surface area contributed by atoms with E-state index >= 15 is 0 Å². The van der Waals surface area contributed by atoms with Gasteiger partial charge >= 0.3 is 59.1 Å². The third-order valence-electron chi connectivity index (χ3n) is 2.95. The summed E-state index contributed by atoms with van der Waals surface area (Å²) in [4.78, 5) is 1.38. The van der Waals surface area contributed by atoms with Crippen LogP contribution in [0, 0.1) is 5.41 Å². The molecule has 0 saturated carbocycles. The summed E-state index contributed by atoms with van der Waals surface area (Å²) in [6.45, 7) is 0.644. The Kier molecular flexibility index (Phi) is 7.29. The molecule has 3 atom stereocenters. The number of nitrogens with zero attached hydrogens (tertiary/aromatic N) is 1. The summed E-state index contributed by atoms with van der Waals surface area (Å²) in [6.07, 6.45) is 0.533. The zero-order valence-corrected chi connectivity index (χ0v) is 15.1. The van der Waals surface area contributed by atoms with E-state index in [1.807, 2.05) is 0 Å². The molecule has 2 saturated heterocycles. The second-order valence-electron chi connectivity index (χ2n) is 3.93. The topological polar surface area (TPSA) is 129 Å². The van der Waals surface area contributed by atoms with Crippen molar-refractivity contribution in [1.82, 2.24) is 10.2 Å². The first-order valence-corrected chi connectivity index (χ1v) is 6.08. The Bertz CT molecular complexity index is 419. The van der Waals surface area contributed by atoms with Crippen molar-refractivity contribution in [3.8, 4) is 0 Å². The molecule has 92 valence electrons. The minimum absolute atomic E-state index is 0. The van der Waals surface area contributed by atoms with E-state index in [1.54, 1.807) is 0 Å². The fourth-order valence-corrected chi connectivity index (χ4v) is 2.79. The smallest absolute Gasteiger partial charge is 0.859 e. The van der Waals surface area contributed by atoms with E-state index in [-0.39, 0.29) is 78.2 Å². The fraction of sp³-hybridized carbons (Fsp3) is 0.857. The van der Waals surface area contributed by atoms with Crippen LogP contribution in [0.2, 0.25) is 0 Å². The first kappa shape index (κ1) is 19.3. The molecule has 0 aromatic carbocycles. The van der Waals surface area contributed by atoms with Crippen molar-refractivity contribution in [3.05, 3.63) is 0 Å². The molecule has 2 N–H and O–H groups in total. The van der Waals surface area contributed by atoms with Gasteiger partial charge in [0.1, 0.15) is 0 Å². The van der Waals surface area contributed by atoms with E-state index in [9.17, 15) is 18.1 Å². The van der Waals surface area contributed by atoms with Gasteiger partial charge in [-0.3, -0.25) is 9.08 Å². The Labute approximate surface area is 149 Å². The van der Waals surface area contributed by atoms with Gasteiger partial charge in [-0.2, -0.15) is 0 Å². The molecular formula is C7H11N3Na2O5S. The molecule has 2 heterocycles. The first-order chi connectivity index (χ1) is 7.33. The molecule has 0 amide bonds. The van der Waals surface area contributed by atoms with Crippen molar-refractivity contribution in [3.63, 3.8) is 0 Å². The number of fused-ring (bicyclic) bond motifs is 2. The molecule has 0 aliphatic carbocycles. The summed E-state index contributed by atoms with van der Waals surface area (Å²) < 4.78 is 36.2. The number of rotatable bonds is 3. The zero-order valence-electron chi connectivity index (χ0n) is 10.3. The molecular weight excluding hydrogens is 284 g/mol. The number of hydrogen-bond acceptors (Lipinski definition) is 8. The van der Waals surface area contributed by atoms with Gasteiger partial charge in [-0.15, -0.1) is 0 Å². The molecule has 0 aromatic rings. The zero-order chi connectivity index (χ0) is 12.0. The van der Waals surface area contributed by atoms with Crippen LogP contribution in [0.5, 0.6) is 0 Å². The largest absolute Gasteiger partial charge is 1.00 e. The van der Waals surface area contributed by atoms with Gasteiger partial charge in [0.05, 0.1) is 6.67 Å². The van der Waals surface area contributed by atoms with Crippen LogP contribution in [0.25, 0.3) is 0 Å². The molecule has 18 heavy (non-hydrogen) atoms. The van der Waals surface area contributed by atoms with Crippen LogP contribution in [0.15, 0.2) is 0 Å². The van der Waals surface area contributed by atoms with E-state index in [4.69, 9.17) is 5.41 Å².